The fourth-order valence-corrected chi connectivity index (χ4v) is 3.53. The molecule has 30 heavy (non-hydrogen) atoms. The number of hydrogen-bond acceptors (Lipinski definition) is 6. The zero-order valence-corrected chi connectivity index (χ0v) is 17.3. The molecule has 0 unspecified atom stereocenters. The first-order valence-electron chi connectivity index (χ1n) is 9.24. The topological polar surface area (TPSA) is 72.9 Å². The minimum atomic E-state index is -0.642. The Morgan fingerprint density at radius 3 is 2.67 bits per heavy atom. The maximum atomic E-state index is 13.7. The van der Waals surface area contributed by atoms with Gasteiger partial charge in [0.1, 0.15) is 24.7 Å². The highest BCUT2D eigenvalue weighted by Crippen LogP contribution is 2.32. The number of benzene rings is 2. The van der Waals surface area contributed by atoms with Crippen molar-refractivity contribution in [2.24, 2.45) is 0 Å². The summed E-state index contributed by atoms with van der Waals surface area (Å²) in [4.78, 5) is 37.5. The van der Waals surface area contributed by atoms with Gasteiger partial charge < -0.3 is 9.47 Å². The van der Waals surface area contributed by atoms with Crippen LogP contribution in [0.25, 0.3) is 6.08 Å². The fourth-order valence-electron chi connectivity index (χ4n) is 2.69. The minimum absolute atomic E-state index is 0.0601. The van der Waals surface area contributed by atoms with Gasteiger partial charge in [0.15, 0.2) is 0 Å². The zero-order valence-electron chi connectivity index (χ0n) is 16.5. The van der Waals surface area contributed by atoms with Crippen LogP contribution in [0.15, 0.2) is 53.4 Å². The smallest absolute Gasteiger partial charge is 0.326 e. The van der Waals surface area contributed by atoms with Crippen molar-refractivity contribution in [3.63, 3.8) is 0 Å². The second kappa shape index (κ2) is 9.58. The molecule has 0 spiro atoms. The van der Waals surface area contributed by atoms with Crippen LogP contribution in [0.2, 0.25) is 0 Å². The number of halogens is 1. The summed E-state index contributed by atoms with van der Waals surface area (Å²) < 4.78 is 24.3. The van der Waals surface area contributed by atoms with Crippen LogP contribution < -0.4 is 4.74 Å². The third kappa shape index (κ3) is 5.48. The third-order valence-corrected chi connectivity index (χ3v) is 4.94. The summed E-state index contributed by atoms with van der Waals surface area (Å²) in [5, 5.41) is -0.529. The van der Waals surface area contributed by atoms with E-state index in [1.165, 1.54) is 6.07 Å². The van der Waals surface area contributed by atoms with Crippen LogP contribution in [0.5, 0.6) is 5.75 Å². The van der Waals surface area contributed by atoms with E-state index in [-0.39, 0.29) is 23.4 Å². The molecule has 1 fully saturated rings. The van der Waals surface area contributed by atoms with E-state index in [0.717, 1.165) is 16.7 Å². The van der Waals surface area contributed by atoms with E-state index in [1.54, 1.807) is 62.4 Å². The number of hydrogen-bond donors (Lipinski definition) is 0. The van der Waals surface area contributed by atoms with E-state index < -0.39 is 23.7 Å². The minimum Gasteiger partial charge on any atom is -0.489 e. The molecular formula is C22H20FNO5S. The molecular weight excluding hydrogens is 409 g/mol. The predicted octanol–water partition coefficient (Wildman–Crippen LogP) is 4.39. The quantitative estimate of drug-likeness (QED) is 0.480. The third-order valence-electron chi connectivity index (χ3n) is 4.04. The summed E-state index contributed by atoms with van der Waals surface area (Å²) in [6, 6.07) is 13.2. The lowest BCUT2D eigenvalue weighted by Gasteiger charge is -2.13. The fraction of sp³-hybridized carbons (Fsp3) is 0.227. The first-order chi connectivity index (χ1) is 14.3. The lowest BCUT2D eigenvalue weighted by Crippen LogP contribution is -2.35. The van der Waals surface area contributed by atoms with Crippen molar-refractivity contribution in [2.75, 3.05) is 6.54 Å². The van der Waals surface area contributed by atoms with Gasteiger partial charge in [0.05, 0.1) is 11.0 Å². The molecule has 156 valence electrons. The van der Waals surface area contributed by atoms with E-state index in [2.05, 4.69) is 0 Å². The number of rotatable bonds is 7. The summed E-state index contributed by atoms with van der Waals surface area (Å²) >= 11 is 0.756. The van der Waals surface area contributed by atoms with Crippen LogP contribution in [-0.4, -0.2) is 34.7 Å². The van der Waals surface area contributed by atoms with Gasteiger partial charge in [-0.3, -0.25) is 19.3 Å². The van der Waals surface area contributed by atoms with Gasteiger partial charge >= 0.3 is 5.97 Å². The largest absolute Gasteiger partial charge is 0.489 e. The van der Waals surface area contributed by atoms with Crippen molar-refractivity contribution in [2.45, 2.75) is 26.6 Å². The highest BCUT2D eigenvalue weighted by Gasteiger charge is 2.36. The highest BCUT2D eigenvalue weighted by atomic mass is 32.2. The molecule has 0 N–H and O–H groups in total. The maximum absolute atomic E-state index is 13.7. The van der Waals surface area contributed by atoms with Crippen molar-refractivity contribution in [1.82, 2.24) is 4.90 Å². The van der Waals surface area contributed by atoms with Crippen LogP contribution >= 0.6 is 11.8 Å². The molecule has 1 aliphatic rings. The van der Waals surface area contributed by atoms with Crippen LogP contribution in [0.4, 0.5) is 9.18 Å². The van der Waals surface area contributed by atoms with Gasteiger partial charge in [-0.25, -0.2) is 4.39 Å². The second-order valence-corrected chi connectivity index (χ2v) is 7.75. The first kappa shape index (κ1) is 21.6. The normalized spacial score (nSPS) is 15.2. The van der Waals surface area contributed by atoms with Crippen LogP contribution in [0.1, 0.15) is 25.0 Å². The molecule has 1 saturated heterocycles. The molecule has 2 aromatic carbocycles. The van der Waals surface area contributed by atoms with E-state index in [0.29, 0.717) is 16.9 Å². The molecule has 0 saturated carbocycles. The van der Waals surface area contributed by atoms with Crippen LogP contribution in [-0.2, 0) is 20.9 Å². The van der Waals surface area contributed by atoms with Gasteiger partial charge in [-0.15, -0.1) is 0 Å². The molecule has 8 heteroatoms. The summed E-state index contributed by atoms with van der Waals surface area (Å²) in [7, 11) is 0. The van der Waals surface area contributed by atoms with Gasteiger partial charge in [-0.2, -0.15) is 0 Å². The Morgan fingerprint density at radius 2 is 1.93 bits per heavy atom. The Kier molecular flexibility index (Phi) is 6.89. The van der Waals surface area contributed by atoms with E-state index >= 15 is 0 Å². The molecule has 6 nitrogen and oxygen atoms in total. The molecule has 1 aliphatic heterocycles. The monoisotopic (exact) mass is 429 g/mol. The second-order valence-electron chi connectivity index (χ2n) is 6.76. The van der Waals surface area contributed by atoms with Gasteiger partial charge in [0.2, 0.25) is 0 Å². The molecule has 2 aromatic rings. The Balaban J connectivity index is 1.68. The maximum Gasteiger partial charge on any atom is 0.326 e. The van der Waals surface area contributed by atoms with E-state index in [4.69, 9.17) is 9.47 Å². The number of carbonyl (C=O) groups is 3. The van der Waals surface area contributed by atoms with Crippen molar-refractivity contribution in [1.29, 1.82) is 0 Å². The number of carbonyl (C=O) groups excluding carboxylic acids is 3. The molecule has 3 rings (SSSR count). The lowest BCUT2D eigenvalue weighted by atomic mass is 10.2. The molecule has 2 amide bonds. The molecule has 0 radical (unpaired) electrons. The Bertz CT molecular complexity index is 1000. The first-order valence-corrected chi connectivity index (χ1v) is 10.1. The number of nitrogens with zero attached hydrogens (tertiary/aromatic N) is 1. The molecule has 1 heterocycles. The zero-order chi connectivity index (χ0) is 21.7. The number of thioether (sulfide) groups is 1. The number of amides is 2. The number of ether oxygens (including phenoxy) is 2. The molecule has 0 atom stereocenters. The molecule has 0 aromatic heterocycles. The predicted molar refractivity (Wildman–Crippen MR) is 111 cm³/mol. The van der Waals surface area contributed by atoms with E-state index in [1.807, 2.05) is 0 Å². The van der Waals surface area contributed by atoms with Crippen LogP contribution in [0, 0.1) is 5.82 Å². The van der Waals surface area contributed by atoms with Gasteiger partial charge in [-0.05, 0) is 55.4 Å². The van der Waals surface area contributed by atoms with E-state index in [9.17, 15) is 18.8 Å². The average molecular weight is 429 g/mol. The van der Waals surface area contributed by atoms with Crippen molar-refractivity contribution in [3.8, 4) is 5.75 Å². The Hall–Kier alpha value is -3.13. The summed E-state index contributed by atoms with van der Waals surface area (Å²) in [6.45, 7) is 3.01. The SMILES string of the molecule is CC(C)OC(=O)CN1C(=O)S/C(=C\c2cccc(OCc3ccccc3F)c2)C1=O. The average Bonchev–Trinajstić information content (AvgIpc) is 2.94. The van der Waals surface area contributed by atoms with Crippen molar-refractivity contribution < 1.29 is 28.2 Å². The summed E-state index contributed by atoms with van der Waals surface area (Å²) in [5.41, 5.74) is 1.06. The van der Waals surface area contributed by atoms with Crippen molar-refractivity contribution >= 4 is 35.0 Å². The highest BCUT2D eigenvalue weighted by molar-refractivity contribution is 8.18. The summed E-state index contributed by atoms with van der Waals surface area (Å²) in [5.74, 6) is -1.05. The molecule has 0 aliphatic carbocycles. The van der Waals surface area contributed by atoms with Gasteiger partial charge in [-0.1, -0.05) is 30.3 Å². The van der Waals surface area contributed by atoms with Gasteiger partial charge in [0, 0.05) is 5.56 Å². The summed E-state index contributed by atoms with van der Waals surface area (Å²) in [6.07, 6.45) is 1.22. The number of esters is 1. The Labute approximate surface area is 177 Å². The standard InChI is InChI=1S/C22H20FNO5S/c1-14(2)29-20(25)12-24-21(26)19(30-22(24)27)11-15-6-5-8-17(10-15)28-13-16-7-3-4-9-18(16)23/h3-11,14H,12-13H2,1-2H3/b19-11-. The van der Waals surface area contributed by atoms with Crippen molar-refractivity contribution in [3.05, 3.63) is 70.4 Å². The number of imide groups is 1. The van der Waals surface area contributed by atoms with Crippen LogP contribution in [0.3, 0.4) is 0 Å². The Morgan fingerprint density at radius 1 is 1.17 bits per heavy atom. The van der Waals surface area contributed by atoms with Gasteiger partial charge in [0.25, 0.3) is 11.1 Å². The lowest BCUT2D eigenvalue weighted by molar-refractivity contribution is -0.149. The molecule has 0 bridgehead atoms.